The molecule has 2 aromatic rings. The molecule has 0 saturated heterocycles. The van der Waals surface area contributed by atoms with Gasteiger partial charge in [0.25, 0.3) is 0 Å². The maximum absolute atomic E-state index is 13.3. The van der Waals surface area contributed by atoms with Gasteiger partial charge in [-0.05, 0) is 42.7 Å². The van der Waals surface area contributed by atoms with Crippen LogP contribution in [0.15, 0.2) is 36.7 Å². The van der Waals surface area contributed by atoms with Crippen molar-refractivity contribution in [2.75, 3.05) is 6.61 Å². The van der Waals surface area contributed by atoms with Crippen molar-refractivity contribution in [3.8, 4) is 17.1 Å². The molecule has 1 aromatic heterocycles. The van der Waals surface area contributed by atoms with Crippen LogP contribution in [0, 0.1) is 0 Å². The van der Waals surface area contributed by atoms with Gasteiger partial charge < -0.3 is 4.74 Å². The number of aromatic nitrogens is 2. The molecule has 0 amide bonds. The molecular formula is C22H25F7N2O2. The minimum Gasteiger partial charge on any atom is -0.484 e. The zero-order valence-corrected chi connectivity index (χ0v) is 18.0. The summed E-state index contributed by atoms with van der Waals surface area (Å²) in [5.41, 5.74) is 1.53. The molecule has 0 bridgehead atoms. The molecule has 33 heavy (non-hydrogen) atoms. The molecule has 0 fully saturated rings. The predicted molar refractivity (Wildman–Crippen MR) is 107 cm³/mol. The molecule has 0 N–H and O–H groups in total. The summed E-state index contributed by atoms with van der Waals surface area (Å²) in [6.45, 7) is 0.334. The lowest BCUT2D eigenvalue weighted by Gasteiger charge is -2.25. The topological polar surface area (TPSA) is 44.2 Å². The van der Waals surface area contributed by atoms with E-state index < -0.39 is 25.0 Å². The van der Waals surface area contributed by atoms with E-state index in [9.17, 15) is 30.7 Å². The fourth-order valence-electron chi connectivity index (χ4n) is 2.88. The van der Waals surface area contributed by atoms with Gasteiger partial charge in [0, 0.05) is 18.0 Å². The van der Waals surface area contributed by atoms with E-state index in [0.717, 1.165) is 24.8 Å². The summed E-state index contributed by atoms with van der Waals surface area (Å²) in [7, 11) is 0. The van der Waals surface area contributed by atoms with E-state index in [2.05, 4.69) is 26.4 Å². The monoisotopic (exact) mass is 482 g/mol. The molecule has 0 atom stereocenters. The molecule has 4 nitrogen and oxygen atoms in total. The van der Waals surface area contributed by atoms with Crippen LogP contribution in [0.1, 0.15) is 51.0 Å². The molecule has 2 rings (SSSR count). The van der Waals surface area contributed by atoms with Crippen LogP contribution >= 0.6 is 0 Å². The van der Waals surface area contributed by atoms with Crippen molar-refractivity contribution >= 4 is 0 Å². The number of benzene rings is 1. The third-order valence-corrected chi connectivity index (χ3v) is 4.65. The van der Waals surface area contributed by atoms with E-state index in [4.69, 9.17) is 0 Å². The molecule has 1 heterocycles. The van der Waals surface area contributed by atoms with Crippen LogP contribution in [0.2, 0.25) is 0 Å². The van der Waals surface area contributed by atoms with Gasteiger partial charge in [-0.3, -0.25) is 0 Å². The molecule has 0 aliphatic carbocycles. The minimum atomic E-state index is -6.28. The Labute approximate surface area is 187 Å². The van der Waals surface area contributed by atoms with Gasteiger partial charge in [0.2, 0.25) is 0 Å². The first-order valence-electron chi connectivity index (χ1n) is 10.5. The number of unbranched alkanes of at least 4 members (excludes halogenated alkanes) is 5. The van der Waals surface area contributed by atoms with Gasteiger partial charge in [-0.1, -0.05) is 39.0 Å². The third-order valence-electron chi connectivity index (χ3n) is 4.65. The number of hydrogen-bond acceptors (Lipinski definition) is 4. The molecule has 184 valence electrons. The Morgan fingerprint density at radius 2 is 1.36 bits per heavy atom. The highest BCUT2D eigenvalue weighted by Gasteiger charge is 2.64. The summed E-state index contributed by atoms with van der Waals surface area (Å²) in [6, 6.07) is 5.37. The second-order valence-electron chi connectivity index (χ2n) is 7.50. The molecule has 0 unspecified atom stereocenters. The fraction of sp³-hybridized carbons (Fsp3) is 0.545. The van der Waals surface area contributed by atoms with Gasteiger partial charge in [0.15, 0.2) is 12.4 Å². The summed E-state index contributed by atoms with van der Waals surface area (Å²) in [6.07, 6.45) is -5.83. The van der Waals surface area contributed by atoms with E-state index in [0.29, 0.717) is 11.4 Å². The van der Waals surface area contributed by atoms with E-state index in [1.165, 1.54) is 49.9 Å². The molecule has 0 aliphatic rings. The van der Waals surface area contributed by atoms with E-state index >= 15 is 0 Å². The van der Waals surface area contributed by atoms with E-state index in [1.807, 2.05) is 0 Å². The van der Waals surface area contributed by atoms with Crippen molar-refractivity contribution in [3.63, 3.8) is 0 Å². The first-order valence-corrected chi connectivity index (χ1v) is 10.5. The normalized spacial score (nSPS) is 12.7. The van der Waals surface area contributed by atoms with Gasteiger partial charge in [-0.25, -0.2) is 14.7 Å². The summed E-state index contributed by atoms with van der Waals surface area (Å²) in [5, 5.41) is 0. The van der Waals surface area contributed by atoms with Gasteiger partial charge in [-0.15, -0.1) is 0 Å². The van der Waals surface area contributed by atoms with E-state index in [1.54, 1.807) is 12.4 Å². The number of aryl methyl sites for hydroxylation is 1. The molecule has 0 aliphatic heterocycles. The highest BCUT2D eigenvalue weighted by molar-refractivity contribution is 5.55. The average Bonchev–Trinajstić information content (AvgIpc) is 2.74. The van der Waals surface area contributed by atoms with Crippen LogP contribution in [0.4, 0.5) is 30.7 Å². The van der Waals surface area contributed by atoms with Gasteiger partial charge in [0.05, 0.1) is 0 Å². The molecule has 11 heteroatoms. The highest BCUT2D eigenvalue weighted by Crippen LogP contribution is 2.40. The Bertz CT molecular complexity index is 841. The van der Waals surface area contributed by atoms with Crippen molar-refractivity contribution in [2.24, 2.45) is 0 Å². The molecule has 0 spiro atoms. The molecule has 1 aromatic carbocycles. The second kappa shape index (κ2) is 11.6. The zero-order chi connectivity index (χ0) is 24.5. The van der Waals surface area contributed by atoms with Gasteiger partial charge in [0.1, 0.15) is 5.75 Å². The number of rotatable bonds is 13. The quantitative estimate of drug-likeness (QED) is 0.224. The van der Waals surface area contributed by atoms with Gasteiger partial charge in [-0.2, -0.15) is 30.7 Å². The zero-order valence-electron chi connectivity index (χ0n) is 18.0. The van der Waals surface area contributed by atoms with Crippen molar-refractivity contribution in [1.29, 1.82) is 0 Å². The first-order chi connectivity index (χ1) is 15.4. The van der Waals surface area contributed by atoms with Crippen LogP contribution in [0.25, 0.3) is 11.4 Å². The number of ether oxygens (including phenoxy) is 2. The predicted octanol–water partition coefficient (Wildman–Crippen LogP) is 7.19. The largest absolute Gasteiger partial charge is 0.484 e. The van der Waals surface area contributed by atoms with Crippen LogP contribution < -0.4 is 4.74 Å². The van der Waals surface area contributed by atoms with Crippen molar-refractivity contribution in [3.05, 3.63) is 42.2 Å². The summed E-state index contributed by atoms with van der Waals surface area (Å²) in [4.78, 5) is 8.55. The lowest BCUT2D eigenvalue weighted by molar-refractivity contribution is -0.458. The Morgan fingerprint density at radius 3 is 1.94 bits per heavy atom. The van der Waals surface area contributed by atoms with Crippen molar-refractivity contribution in [1.82, 2.24) is 9.97 Å². The molecule has 0 saturated carbocycles. The molecule has 0 radical (unpaired) electrons. The Morgan fingerprint density at radius 1 is 0.788 bits per heavy atom. The fourth-order valence-corrected chi connectivity index (χ4v) is 2.88. The van der Waals surface area contributed by atoms with Crippen LogP contribution in [-0.2, 0) is 11.2 Å². The standard InChI is InChI=1S/C22H25F7N2O2/c1-2-3-4-5-6-7-8-16-13-30-19(31-14-16)17-9-11-18(12-10-17)32-15-20(23,24)33-22(28,29)21(25,26)27/h9-14H,2-8,15H2,1H3. The van der Waals surface area contributed by atoms with Gasteiger partial charge >= 0.3 is 18.4 Å². The Kier molecular flexibility index (Phi) is 9.45. The SMILES string of the molecule is CCCCCCCCc1cnc(-c2ccc(OCC(F)(F)OC(F)(F)C(F)(F)F)cc2)nc1. The number of nitrogens with zero attached hydrogens (tertiary/aromatic N) is 2. The number of halogens is 7. The van der Waals surface area contributed by atoms with Crippen molar-refractivity contribution < 1.29 is 40.2 Å². The maximum atomic E-state index is 13.3. The Balaban J connectivity index is 1.86. The molecular weight excluding hydrogens is 457 g/mol. The van der Waals surface area contributed by atoms with Crippen LogP contribution in [0.3, 0.4) is 0 Å². The maximum Gasteiger partial charge on any atom is 0.483 e. The summed E-state index contributed by atoms with van der Waals surface area (Å²) < 4.78 is 95.3. The summed E-state index contributed by atoms with van der Waals surface area (Å²) >= 11 is 0. The number of alkyl halides is 7. The smallest absolute Gasteiger partial charge is 0.483 e. The van der Waals surface area contributed by atoms with Crippen LogP contribution in [-0.4, -0.2) is 35.0 Å². The van der Waals surface area contributed by atoms with Crippen LogP contribution in [0.5, 0.6) is 5.75 Å². The average molecular weight is 482 g/mol. The third kappa shape index (κ3) is 8.79. The number of hydrogen-bond donors (Lipinski definition) is 0. The highest BCUT2D eigenvalue weighted by atomic mass is 19.4. The lowest BCUT2D eigenvalue weighted by atomic mass is 10.1. The van der Waals surface area contributed by atoms with Crippen molar-refractivity contribution in [2.45, 2.75) is 70.3 Å². The lowest BCUT2D eigenvalue weighted by Crippen LogP contribution is -2.46. The Hall–Kier alpha value is -2.43. The first kappa shape index (κ1) is 26.8. The minimum absolute atomic E-state index is 0.183. The van der Waals surface area contributed by atoms with E-state index in [-0.39, 0.29) is 5.75 Å². The summed E-state index contributed by atoms with van der Waals surface area (Å²) in [5.74, 6) is 0.198. The second-order valence-corrected chi connectivity index (χ2v) is 7.50.